The van der Waals surface area contributed by atoms with E-state index in [1.54, 1.807) is 6.07 Å². The molecule has 19 heavy (non-hydrogen) atoms. The topological polar surface area (TPSA) is 29.5 Å². The van der Waals surface area contributed by atoms with Crippen LogP contribution >= 0.6 is 11.6 Å². The molecule has 3 nitrogen and oxygen atoms in total. The van der Waals surface area contributed by atoms with E-state index >= 15 is 0 Å². The van der Waals surface area contributed by atoms with Gasteiger partial charge >= 0.3 is 5.97 Å². The van der Waals surface area contributed by atoms with Gasteiger partial charge in [-0.3, -0.25) is 9.69 Å². The lowest BCUT2D eigenvalue weighted by Gasteiger charge is -2.33. The number of rotatable bonds is 3. The molecule has 1 aliphatic rings. The van der Waals surface area contributed by atoms with Crippen LogP contribution in [0.25, 0.3) is 0 Å². The Morgan fingerprint density at radius 2 is 2.32 bits per heavy atom. The van der Waals surface area contributed by atoms with E-state index in [0.717, 1.165) is 25.8 Å². The quantitative estimate of drug-likeness (QED) is 0.800. The number of halogens is 2. The molecule has 0 radical (unpaired) electrons. The minimum absolute atomic E-state index is 0.229. The maximum absolute atomic E-state index is 13.3. The van der Waals surface area contributed by atoms with Gasteiger partial charge in [-0.1, -0.05) is 18.0 Å². The number of nitrogens with zero attached hydrogens (tertiary/aromatic N) is 1. The molecule has 5 heteroatoms. The zero-order valence-corrected chi connectivity index (χ0v) is 11.6. The summed E-state index contributed by atoms with van der Waals surface area (Å²) in [5, 5.41) is 0.524. The van der Waals surface area contributed by atoms with Gasteiger partial charge < -0.3 is 4.74 Å². The van der Waals surface area contributed by atoms with Crippen LogP contribution in [0.15, 0.2) is 18.2 Å². The van der Waals surface area contributed by atoms with Crippen LogP contribution in [0.5, 0.6) is 0 Å². The van der Waals surface area contributed by atoms with Crippen molar-refractivity contribution in [1.29, 1.82) is 0 Å². The minimum atomic E-state index is -0.314. The van der Waals surface area contributed by atoms with Crippen LogP contribution in [0.3, 0.4) is 0 Å². The fourth-order valence-corrected chi connectivity index (χ4v) is 2.64. The molecule has 0 bridgehead atoms. The van der Waals surface area contributed by atoms with Crippen LogP contribution in [-0.4, -0.2) is 30.6 Å². The number of esters is 1. The second kappa shape index (κ2) is 6.35. The molecule has 104 valence electrons. The van der Waals surface area contributed by atoms with Crippen LogP contribution in [0.4, 0.5) is 4.39 Å². The molecule has 0 aliphatic carbocycles. The number of carbonyl (C=O) groups excluding carboxylic acids is 1. The first-order valence-corrected chi connectivity index (χ1v) is 6.75. The van der Waals surface area contributed by atoms with Gasteiger partial charge in [0, 0.05) is 11.6 Å². The molecule has 1 atom stereocenters. The average molecular weight is 286 g/mol. The van der Waals surface area contributed by atoms with Gasteiger partial charge in [-0.2, -0.15) is 0 Å². The predicted molar refractivity (Wildman–Crippen MR) is 71.5 cm³/mol. The highest BCUT2D eigenvalue weighted by Crippen LogP contribution is 2.24. The van der Waals surface area contributed by atoms with Crippen molar-refractivity contribution in [3.8, 4) is 0 Å². The lowest BCUT2D eigenvalue weighted by Crippen LogP contribution is -2.44. The Balaban J connectivity index is 2.15. The fourth-order valence-electron chi connectivity index (χ4n) is 2.47. The lowest BCUT2D eigenvalue weighted by atomic mass is 10.0. The summed E-state index contributed by atoms with van der Waals surface area (Å²) in [6, 6.07) is 4.05. The van der Waals surface area contributed by atoms with Crippen molar-refractivity contribution >= 4 is 17.6 Å². The van der Waals surface area contributed by atoms with Crippen molar-refractivity contribution in [3.63, 3.8) is 0 Å². The summed E-state index contributed by atoms with van der Waals surface area (Å²) in [4.78, 5) is 13.8. The molecule has 1 fully saturated rings. The molecular weight excluding hydrogens is 269 g/mol. The highest BCUT2D eigenvalue weighted by Gasteiger charge is 2.29. The van der Waals surface area contributed by atoms with Crippen LogP contribution in [0.1, 0.15) is 24.8 Å². The number of benzene rings is 1. The van der Waals surface area contributed by atoms with E-state index in [2.05, 4.69) is 0 Å². The van der Waals surface area contributed by atoms with Gasteiger partial charge in [0.05, 0.1) is 7.11 Å². The van der Waals surface area contributed by atoms with E-state index < -0.39 is 0 Å². The molecule has 0 N–H and O–H groups in total. The largest absolute Gasteiger partial charge is 0.468 e. The molecule has 2 rings (SSSR count). The summed E-state index contributed by atoms with van der Waals surface area (Å²) in [5.41, 5.74) is 0.706. The Hall–Kier alpha value is -1.13. The van der Waals surface area contributed by atoms with Crippen molar-refractivity contribution < 1.29 is 13.9 Å². The van der Waals surface area contributed by atoms with E-state index in [0.29, 0.717) is 17.1 Å². The first-order valence-electron chi connectivity index (χ1n) is 6.37. The third-order valence-corrected chi connectivity index (χ3v) is 3.84. The first-order chi connectivity index (χ1) is 9.11. The molecule has 0 spiro atoms. The van der Waals surface area contributed by atoms with Gasteiger partial charge in [0.25, 0.3) is 0 Å². The smallest absolute Gasteiger partial charge is 0.323 e. The SMILES string of the molecule is COC(=O)C1CCCCN1Cc1cc(F)ccc1Cl. The predicted octanol–water partition coefficient (Wildman–Crippen LogP) is 3.01. The monoisotopic (exact) mass is 285 g/mol. The van der Waals surface area contributed by atoms with Gasteiger partial charge in [-0.25, -0.2) is 4.39 Å². The van der Waals surface area contributed by atoms with Crippen molar-refractivity contribution in [1.82, 2.24) is 4.90 Å². The highest BCUT2D eigenvalue weighted by molar-refractivity contribution is 6.31. The maximum Gasteiger partial charge on any atom is 0.323 e. The Bertz CT molecular complexity index is 467. The number of ether oxygens (including phenoxy) is 1. The van der Waals surface area contributed by atoms with Crippen LogP contribution in [0, 0.1) is 5.82 Å². The fraction of sp³-hybridized carbons (Fsp3) is 0.500. The first kappa shape index (κ1) is 14.3. The minimum Gasteiger partial charge on any atom is -0.468 e. The van der Waals surface area contributed by atoms with Gasteiger partial charge in [0.2, 0.25) is 0 Å². The summed E-state index contributed by atoms with van der Waals surface area (Å²) in [7, 11) is 1.39. The number of piperidine rings is 1. The highest BCUT2D eigenvalue weighted by atomic mass is 35.5. The van der Waals surface area contributed by atoms with Crippen LogP contribution < -0.4 is 0 Å². The van der Waals surface area contributed by atoms with E-state index in [1.165, 1.54) is 19.2 Å². The number of hydrogen-bond donors (Lipinski definition) is 0. The van der Waals surface area contributed by atoms with Gasteiger partial charge in [-0.15, -0.1) is 0 Å². The number of carbonyl (C=O) groups is 1. The third-order valence-electron chi connectivity index (χ3n) is 3.47. The Morgan fingerprint density at radius 3 is 3.05 bits per heavy atom. The molecule has 1 saturated heterocycles. The third kappa shape index (κ3) is 3.45. The van der Waals surface area contributed by atoms with Crippen LogP contribution in [0.2, 0.25) is 5.02 Å². The second-order valence-electron chi connectivity index (χ2n) is 4.74. The zero-order chi connectivity index (χ0) is 13.8. The molecule has 1 aromatic rings. The Morgan fingerprint density at radius 1 is 1.53 bits per heavy atom. The van der Waals surface area contributed by atoms with Gasteiger partial charge in [-0.05, 0) is 43.1 Å². The Labute approximate surface area is 117 Å². The summed E-state index contributed by atoms with van der Waals surface area (Å²) in [6.45, 7) is 1.27. The molecular formula is C14H17ClFNO2. The van der Waals surface area contributed by atoms with E-state index in [-0.39, 0.29) is 17.8 Å². The molecule has 1 heterocycles. The summed E-state index contributed by atoms with van der Waals surface area (Å²) < 4.78 is 18.1. The van der Waals surface area contributed by atoms with E-state index in [4.69, 9.17) is 16.3 Å². The zero-order valence-electron chi connectivity index (χ0n) is 10.9. The summed E-state index contributed by atoms with van der Waals surface area (Å²) in [5.74, 6) is -0.543. The molecule has 1 aliphatic heterocycles. The number of hydrogen-bond acceptors (Lipinski definition) is 3. The second-order valence-corrected chi connectivity index (χ2v) is 5.15. The van der Waals surface area contributed by atoms with Crippen molar-refractivity contribution in [2.45, 2.75) is 31.8 Å². The number of likely N-dealkylation sites (tertiary alicyclic amines) is 1. The molecule has 1 aromatic carbocycles. The van der Waals surface area contributed by atoms with Crippen molar-refractivity contribution in [2.24, 2.45) is 0 Å². The summed E-state index contributed by atoms with van der Waals surface area (Å²) >= 11 is 6.07. The van der Waals surface area contributed by atoms with Gasteiger partial charge in [0.15, 0.2) is 0 Å². The van der Waals surface area contributed by atoms with Crippen LogP contribution in [-0.2, 0) is 16.1 Å². The Kier molecular flexibility index (Phi) is 4.77. The van der Waals surface area contributed by atoms with Crippen molar-refractivity contribution in [2.75, 3.05) is 13.7 Å². The molecule has 0 amide bonds. The van der Waals surface area contributed by atoms with Gasteiger partial charge in [0.1, 0.15) is 11.9 Å². The molecule has 0 aromatic heterocycles. The average Bonchev–Trinajstić information content (AvgIpc) is 2.42. The number of methoxy groups -OCH3 is 1. The van der Waals surface area contributed by atoms with Crippen molar-refractivity contribution in [3.05, 3.63) is 34.6 Å². The molecule has 1 unspecified atom stereocenters. The van der Waals surface area contributed by atoms with E-state index in [1.807, 2.05) is 4.90 Å². The standard InChI is InChI=1S/C14H17ClFNO2/c1-19-14(18)13-4-2-3-7-17(13)9-10-8-11(16)5-6-12(10)15/h5-6,8,13H,2-4,7,9H2,1H3. The van der Waals surface area contributed by atoms with E-state index in [9.17, 15) is 9.18 Å². The maximum atomic E-state index is 13.3. The lowest BCUT2D eigenvalue weighted by molar-refractivity contribution is -0.148. The summed E-state index contributed by atoms with van der Waals surface area (Å²) in [6.07, 6.45) is 2.81. The molecule has 0 saturated carbocycles. The normalized spacial score (nSPS) is 20.3.